The number of nitrogens with zero attached hydrogens (tertiary/aromatic N) is 1. The van der Waals surface area contributed by atoms with Crippen molar-refractivity contribution in [2.75, 3.05) is 6.54 Å². The number of rotatable bonds is 12. The molecule has 3 atom stereocenters. The molecule has 0 aliphatic carbocycles. The molecule has 0 spiro atoms. The first-order chi connectivity index (χ1) is 12.5. The van der Waals surface area contributed by atoms with Crippen LogP contribution in [0.15, 0.2) is 4.99 Å². The highest BCUT2D eigenvalue weighted by Gasteiger charge is 2.29. The van der Waals surface area contributed by atoms with Gasteiger partial charge in [0.2, 0.25) is 17.7 Å². The summed E-state index contributed by atoms with van der Waals surface area (Å²) in [6, 6.07) is -3.49. The van der Waals surface area contributed by atoms with Crippen LogP contribution in [0.4, 0.5) is 0 Å². The summed E-state index contributed by atoms with van der Waals surface area (Å²) in [4.78, 5) is 50.7. The fraction of sp³-hybridized carbons (Fsp3) is 0.667. The number of carbonyl (C=O) groups excluding carboxylic acids is 3. The van der Waals surface area contributed by atoms with E-state index in [4.69, 9.17) is 22.9 Å². The lowest BCUT2D eigenvalue weighted by molar-refractivity contribution is -0.142. The molecule has 12 nitrogen and oxygen atoms in total. The van der Waals surface area contributed by atoms with Crippen molar-refractivity contribution in [3.05, 3.63) is 0 Å². The molecule has 27 heavy (non-hydrogen) atoms. The number of carbonyl (C=O) groups is 4. The predicted octanol–water partition coefficient (Wildman–Crippen LogP) is -3.05. The van der Waals surface area contributed by atoms with Gasteiger partial charge in [-0.25, -0.2) is 4.79 Å². The molecule has 0 fully saturated rings. The first-order valence-corrected chi connectivity index (χ1v) is 8.38. The molecule has 0 aromatic heterocycles. The van der Waals surface area contributed by atoms with Gasteiger partial charge in [-0.2, -0.15) is 0 Å². The topological polar surface area (TPSA) is 229 Å². The van der Waals surface area contributed by atoms with Gasteiger partial charge in [-0.05, 0) is 18.8 Å². The number of amides is 3. The van der Waals surface area contributed by atoms with Crippen LogP contribution in [-0.4, -0.2) is 59.4 Å². The normalized spacial score (nSPS) is 13.9. The fourth-order valence-corrected chi connectivity index (χ4v) is 2.01. The van der Waals surface area contributed by atoms with Crippen LogP contribution in [0.1, 0.15) is 33.1 Å². The van der Waals surface area contributed by atoms with Gasteiger partial charge in [0.15, 0.2) is 5.96 Å². The Morgan fingerprint density at radius 3 is 2.00 bits per heavy atom. The van der Waals surface area contributed by atoms with E-state index in [0.717, 1.165) is 0 Å². The lowest BCUT2D eigenvalue weighted by atomic mass is 10.0. The van der Waals surface area contributed by atoms with E-state index >= 15 is 0 Å². The van der Waals surface area contributed by atoms with Crippen LogP contribution in [0, 0.1) is 5.92 Å². The number of hydrogen-bond acceptors (Lipinski definition) is 6. The van der Waals surface area contributed by atoms with E-state index in [2.05, 4.69) is 15.6 Å². The molecule has 11 N–H and O–H groups in total. The number of aliphatic imine (C=N–C) groups is 1. The van der Waals surface area contributed by atoms with E-state index in [0.29, 0.717) is 6.42 Å². The van der Waals surface area contributed by atoms with E-state index in [1.165, 1.54) is 0 Å². The zero-order valence-electron chi connectivity index (χ0n) is 15.5. The number of guanidine groups is 1. The van der Waals surface area contributed by atoms with Crippen LogP contribution in [0.5, 0.6) is 0 Å². The van der Waals surface area contributed by atoms with E-state index < -0.39 is 48.2 Å². The molecule has 0 aromatic rings. The Morgan fingerprint density at radius 1 is 1.00 bits per heavy atom. The summed E-state index contributed by atoms with van der Waals surface area (Å²) < 4.78 is 0. The lowest BCUT2D eigenvalue weighted by Crippen LogP contribution is -2.56. The van der Waals surface area contributed by atoms with Crippen molar-refractivity contribution >= 4 is 29.7 Å². The number of nitrogens with one attached hydrogen (secondary N) is 2. The van der Waals surface area contributed by atoms with Crippen LogP contribution in [0.3, 0.4) is 0 Å². The Labute approximate surface area is 157 Å². The number of nitrogens with two attached hydrogens (primary N) is 4. The van der Waals surface area contributed by atoms with Gasteiger partial charge in [-0.1, -0.05) is 13.8 Å². The van der Waals surface area contributed by atoms with Crippen molar-refractivity contribution in [2.45, 2.75) is 51.2 Å². The van der Waals surface area contributed by atoms with Crippen LogP contribution < -0.4 is 33.6 Å². The minimum absolute atomic E-state index is 0.0423. The Kier molecular flexibility index (Phi) is 10.4. The number of carboxylic acids is 1. The summed E-state index contributed by atoms with van der Waals surface area (Å²) in [5, 5.41) is 13.8. The molecule has 0 aliphatic heterocycles. The molecule has 3 amide bonds. The van der Waals surface area contributed by atoms with Crippen molar-refractivity contribution in [1.82, 2.24) is 10.6 Å². The third kappa shape index (κ3) is 9.99. The molecule has 0 saturated heterocycles. The maximum Gasteiger partial charge on any atom is 0.326 e. The van der Waals surface area contributed by atoms with E-state index in [1.54, 1.807) is 13.8 Å². The average molecular weight is 387 g/mol. The van der Waals surface area contributed by atoms with E-state index in [1.807, 2.05) is 0 Å². The molecular formula is C15H29N7O5. The molecular weight excluding hydrogens is 358 g/mol. The van der Waals surface area contributed by atoms with Crippen LogP contribution in [0.2, 0.25) is 0 Å². The van der Waals surface area contributed by atoms with Crippen LogP contribution >= 0.6 is 0 Å². The SMILES string of the molecule is CC(C)[C@H](N)C(=O)N[C@@H](CC(N)=O)C(=O)N[C@@H](CCCN=C(N)N)C(=O)O. The Hall–Kier alpha value is -2.89. The molecule has 0 aliphatic rings. The molecule has 12 heteroatoms. The first kappa shape index (κ1) is 24.1. The molecule has 154 valence electrons. The molecule has 0 unspecified atom stereocenters. The molecule has 0 heterocycles. The van der Waals surface area contributed by atoms with E-state index in [-0.39, 0.29) is 24.8 Å². The number of aliphatic carboxylic acids is 1. The number of primary amides is 1. The molecule has 0 rings (SSSR count). The maximum absolute atomic E-state index is 12.4. The molecule has 0 bridgehead atoms. The maximum atomic E-state index is 12.4. The second kappa shape index (κ2) is 11.7. The highest BCUT2D eigenvalue weighted by Crippen LogP contribution is 2.03. The monoisotopic (exact) mass is 387 g/mol. The zero-order chi connectivity index (χ0) is 21.1. The van der Waals surface area contributed by atoms with Crippen LogP contribution in [-0.2, 0) is 19.2 Å². The van der Waals surface area contributed by atoms with Gasteiger partial charge >= 0.3 is 5.97 Å². The van der Waals surface area contributed by atoms with Crippen molar-refractivity contribution in [2.24, 2.45) is 33.8 Å². The minimum Gasteiger partial charge on any atom is -0.480 e. The number of carboxylic acid groups (broad SMARTS) is 1. The van der Waals surface area contributed by atoms with E-state index in [9.17, 15) is 24.3 Å². The summed E-state index contributed by atoms with van der Waals surface area (Å²) in [6.45, 7) is 3.61. The number of hydrogen-bond donors (Lipinski definition) is 7. The van der Waals surface area contributed by atoms with Crippen molar-refractivity contribution in [1.29, 1.82) is 0 Å². The Morgan fingerprint density at radius 2 is 1.56 bits per heavy atom. The Balaban J connectivity index is 5.01. The standard InChI is InChI=1S/C15H29N7O5/c1-7(2)11(17)13(25)22-9(6-10(16)23)12(24)21-8(14(26)27)4-3-5-20-15(18)19/h7-9,11H,3-6,17H2,1-2H3,(H2,16,23)(H,21,24)(H,22,25)(H,26,27)(H4,18,19,20)/t8-,9-,11-/m0/s1. The minimum atomic E-state index is -1.33. The second-order valence-corrected chi connectivity index (χ2v) is 6.35. The largest absolute Gasteiger partial charge is 0.480 e. The summed E-state index contributed by atoms with van der Waals surface area (Å²) in [7, 11) is 0. The smallest absolute Gasteiger partial charge is 0.326 e. The molecule has 0 aromatic carbocycles. The van der Waals surface area contributed by atoms with Gasteiger partial charge in [0, 0.05) is 6.54 Å². The lowest BCUT2D eigenvalue weighted by Gasteiger charge is -2.23. The molecule has 0 saturated carbocycles. The second-order valence-electron chi connectivity index (χ2n) is 6.35. The zero-order valence-corrected chi connectivity index (χ0v) is 15.5. The highest BCUT2D eigenvalue weighted by atomic mass is 16.4. The summed E-state index contributed by atoms with van der Waals surface area (Å²) in [5.74, 6) is -3.95. The Bertz CT molecular complexity index is 575. The summed E-state index contributed by atoms with van der Waals surface area (Å²) >= 11 is 0. The third-order valence-corrected chi connectivity index (χ3v) is 3.62. The van der Waals surface area contributed by atoms with Gasteiger partial charge < -0.3 is 38.7 Å². The van der Waals surface area contributed by atoms with Crippen molar-refractivity contribution in [3.63, 3.8) is 0 Å². The van der Waals surface area contributed by atoms with Gasteiger partial charge in [-0.3, -0.25) is 19.4 Å². The van der Waals surface area contributed by atoms with Crippen molar-refractivity contribution in [3.8, 4) is 0 Å². The van der Waals surface area contributed by atoms with Crippen LogP contribution in [0.25, 0.3) is 0 Å². The summed E-state index contributed by atoms with van der Waals surface area (Å²) in [5.41, 5.74) is 21.2. The average Bonchev–Trinajstić information content (AvgIpc) is 2.54. The predicted molar refractivity (Wildman–Crippen MR) is 98.0 cm³/mol. The van der Waals surface area contributed by atoms with Crippen molar-refractivity contribution < 1.29 is 24.3 Å². The first-order valence-electron chi connectivity index (χ1n) is 8.38. The summed E-state index contributed by atoms with van der Waals surface area (Å²) in [6.07, 6.45) is -0.163. The van der Waals surface area contributed by atoms with Gasteiger partial charge in [-0.15, -0.1) is 0 Å². The third-order valence-electron chi connectivity index (χ3n) is 3.62. The quantitative estimate of drug-likeness (QED) is 0.103. The van der Waals surface area contributed by atoms with Gasteiger partial charge in [0.25, 0.3) is 0 Å². The fourth-order valence-electron chi connectivity index (χ4n) is 2.01. The highest BCUT2D eigenvalue weighted by molar-refractivity contribution is 5.94. The molecule has 0 radical (unpaired) electrons. The van der Waals surface area contributed by atoms with Gasteiger partial charge in [0.05, 0.1) is 12.5 Å². The van der Waals surface area contributed by atoms with Gasteiger partial charge in [0.1, 0.15) is 12.1 Å².